The summed E-state index contributed by atoms with van der Waals surface area (Å²) in [5.41, 5.74) is 1.44. The average molecular weight is 265 g/mol. The predicted octanol–water partition coefficient (Wildman–Crippen LogP) is 4.74. The van der Waals surface area contributed by atoms with Crippen LogP contribution in [0.2, 0.25) is 0 Å². The highest BCUT2D eigenvalue weighted by Crippen LogP contribution is 2.24. The van der Waals surface area contributed by atoms with Crippen molar-refractivity contribution in [1.82, 2.24) is 0 Å². The number of aryl methyl sites for hydroxylation is 1. The predicted molar refractivity (Wildman–Crippen MR) is 68.9 cm³/mol. The molecule has 15 heavy (non-hydrogen) atoms. The Labute approximate surface area is 101 Å². The molecule has 1 aromatic carbocycles. The van der Waals surface area contributed by atoms with Crippen LogP contribution in [0.25, 0.3) is 0 Å². The SMILES string of the molecule is Brc1ccccc1CCC1C=CCCC1. The third-order valence-electron chi connectivity index (χ3n) is 3.10. The molecule has 0 spiro atoms. The van der Waals surface area contributed by atoms with Crippen molar-refractivity contribution in [2.75, 3.05) is 0 Å². The van der Waals surface area contributed by atoms with Crippen LogP contribution in [0.4, 0.5) is 0 Å². The van der Waals surface area contributed by atoms with E-state index in [2.05, 4.69) is 52.3 Å². The van der Waals surface area contributed by atoms with Gasteiger partial charge in [0.15, 0.2) is 0 Å². The lowest BCUT2D eigenvalue weighted by atomic mass is 9.90. The summed E-state index contributed by atoms with van der Waals surface area (Å²) < 4.78 is 1.25. The molecule has 0 saturated heterocycles. The van der Waals surface area contributed by atoms with Crippen molar-refractivity contribution in [1.29, 1.82) is 0 Å². The Morgan fingerprint density at radius 3 is 2.87 bits per heavy atom. The zero-order valence-corrected chi connectivity index (χ0v) is 10.5. The van der Waals surface area contributed by atoms with Crippen LogP contribution in [0.15, 0.2) is 40.9 Å². The standard InChI is InChI=1S/C14H17Br/c15-14-9-5-4-8-13(14)11-10-12-6-2-1-3-7-12/h2,4-6,8-9,12H,1,3,7,10-11H2. The van der Waals surface area contributed by atoms with Crippen LogP contribution < -0.4 is 0 Å². The first kappa shape index (κ1) is 10.9. The van der Waals surface area contributed by atoms with Crippen molar-refractivity contribution in [3.63, 3.8) is 0 Å². The Bertz CT molecular complexity index is 341. The fraction of sp³-hybridized carbons (Fsp3) is 0.429. The fourth-order valence-corrected chi connectivity index (χ4v) is 2.65. The Morgan fingerprint density at radius 2 is 2.13 bits per heavy atom. The molecule has 0 amide bonds. The van der Waals surface area contributed by atoms with Gasteiger partial charge >= 0.3 is 0 Å². The van der Waals surface area contributed by atoms with Gasteiger partial charge in [0.25, 0.3) is 0 Å². The van der Waals surface area contributed by atoms with Crippen LogP contribution in [-0.4, -0.2) is 0 Å². The first-order valence-corrected chi connectivity index (χ1v) is 6.55. The number of benzene rings is 1. The van der Waals surface area contributed by atoms with Crippen molar-refractivity contribution in [3.8, 4) is 0 Å². The highest BCUT2D eigenvalue weighted by Gasteiger charge is 2.09. The van der Waals surface area contributed by atoms with E-state index in [4.69, 9.17) is 0 Å². The first-order valence-electron chi connectivity index (χ1n) is 5.76. The molecule has 0 bridgehead atoms. The van der Waals surface area contributed by atoms with Crippen molar-refractivity contribution in [3.05, 3.63) is 46.5 Å². The smallest absolute Gasteiger partial charge is 0.0207 e. The minimum atomic E-state index is 0.811. The van der Waals surface area contributed by atoms with Gasteiger partial charge in [-0.05, 0) is 49.7 Å². The lowest BCUT2D eigenvalue weighted by Gasteiger charge is -2.16. The summed E-state index contributed by atoms with van der Waals surface area (Å²) in [6.07, 6.45) is 11.3. The molecule has 1 aliphatic rings. The van der Waals surface area contributed by atoms with Gasteiger partial charge in [-0.1, -0.05) is 46.3 Å². The zero-order chi connectivity index (χ0) is 10.5. The average Bonchev–Trinajstić information content (AvgIpc) is 2.29. The summed E-state index contributed by atoms with van der Waals surface area (Å²) in [5.74, 6) is 0.811. The normalized spacial score (nSPS) is 20.5. The molecule has 1 aromatic rings. The second-order valence-corrected chi connectivity index (χ2v) is 5.10. The van der Waals surface area contributed by atoms with E-state index in [1.807, 2.05) is 0 Å². The summed E-state index contributed by atoms with van der Waals surface area (Å²) >= 11 is 3.60. The molecule has 2 rings (SSSR count). The summed E-state index contributed by atoms with van der Waals surface area (Å²) in [4.78, 5) is 0. The molecule has 0 radical (unpaired) electrons. The molecular formula is C14H17Br. The molecule has 1 aliphatic carbocycles. The van der Waals surface area contributed by atoms with Crippen molar-refractivity contribution in [2.24, 2.45) is 5.92 Å². The maximum Gasteiger partial charge on any atom is 0.0207 e. The van der Waals surface area contributed by atoms with E-state index < -0.39 is 0 Å². The van der Waals surface area contributed by atoms with Crippen molar-refractivity contribution >= 4 is 15.9 Å². The molecule has 80 valence electrons. The third kappa shape index (κ3) is 3.20. The summed E-state index contributed by atoms with van der Waals surface area (Å²) in [7, 11) is 0. The van der Waals surface area contributed by atoms with E-state index in [-0.39, 0.29) is 0 Å². The molecule has 0 nitrogen and oxygen atoms in total. The van der Waals surface area contributed by atoms with Crippen molar-refractivity contribution < 1.29 is 0 Å². The Morgan fingerprint density at radius 1 is 1.27 bits per heavy atom. The maximum absolute atomic E-state index is 3.60. The first-order chi connectivity index (χ1) is 7.36. The molecule has 0 fully saturated rings. The molecular weight excluding hydrogens is 248 g/mol. The number of halogens is 1. The topological polar surface area (TPSA) is 0 Å². The van der Waals surface area contributed by atoms with Gasteiger partial charge in [-0.25, -0.2) is 0 Å². The van der Waals surface area contributed by atoms with Crippen LogP contribution in [0, 0.1) is 5.92 Å². The van der Waals surface area contributed by atoms with Gasteiger partial charge in [0.2, 0.25) is 0 Å². The molecule has 1 heteroatoms. The van der Waals surface area contributed by atoms with Gasteiger partial charge in [-0.3, -0.25) is 0 Å². The van der Waals surface area contributed by atoms with Crippen LogP contribution in [0.1, 0.15) is 31.2 Å². The van der Waals surface area contributed by atoms with E-state index >= 15 is 0 Å². The molecule has 0 heterocycles. The second-order valence-electron chi connectivity index (χ2n) is 4.25. The van der Waals surface area contributed by atoms with Gasteiger partial charge in [-0.15, -0.1) is 0 Å². The lowest BCUT2D eigenvalue weighted by Crippen LogP contribution is -2.02. The molecule has 0 aromatic heterocycles. The maximum atomic E-state index is 3.60. The monoisotopic (exact) mass is 264 g/mol. The summed E-state index contributed by atoms with van der Waals surface area (Å²) in [6, 6.07) is 8.55. The van der Waals surface area contributed by atoms with Crippen LogP contribution in [0.3, 0.4) is 0 Å². The van der Waals surface area contributed by atoms with Crippen molar-refractivity contribution in [2.45, 2.75) is 32.1 Å². The van der Waals surface area contributed by atoms with Crippen LogP contribution >= 0.6 is 15.9 Å². The molecule has 0 aliphatic heterocycles. The number of hydrogen-bond acceptors (Lipinski definition) is 0. The van der Waals surface area contributed by atoms with Gasteiger partial charge in [0.05, 0.1) is 0 Å². The molecule has 0 saturated carbocycles. The second kappa shape index (κ2) is 5.50. The van der Waals surface area contributed by atoms with Gasteiger partial charge in [0, 0.05) is 4.47 Å². The fourth-order valence-electron chi connectivity index (χ4n) is 2.17. The lowest BCUT2D eigenvalue weighted by molar-refractivity contribution is 0.505. The van der Waals surface area contributed by atoms with E-state index in [9.17, 15) is 0 Å². The van der Waals surface area contributed by atoms with E-state index in [0.29, 0.717) is 0 Å². The highest BCUT2D eigenvalue weighted by molar-refractivity contribution is 9.10. The third-order valence-corrected chi connectivity index (χ3v) is 3.87. The largest absolute Gasteiger partial charge is 0.0883 e. The Kier molecular flexibility index (Phi) is 4.01. The number of hydrogen-bond donors (Lipinski definition) is 0. The molecule has 1 unspecified atom stereocenters. The van der Waals surface area contributed by atoms with E-state index in [0.717, 1.165) is 5.92 Å². The highest BCUT2D eigenvalue weighted by atomic mass is 79.9. The van der Waals surface area contributed by atoms with Crippen LogP contribution in [0.5, 0.6) is 0 Å². The number of rotatable bonds is 3. The van der Waals surface area contributed by atoms with Gasteiger partial charge in [-0.2, -0.15) is 0 Å². The van der Waals surface area contributed by atoms with Gasteiger partial charge < -0.3 is 0 Å². The molecule has 0 N–H and O–H groups in total. The minimum Gasteiger partial charge on any atom is -0.0883 e. The summed E-state index contributed by atoms with van der Waals surface area (Å²) in [6.45, 7) is 0. The van der Waals surface area contributed by atoms with Gasteiger partial charge in [0.1, 0.15) is 0 Å². The van der Waals surface area contributed by atoms with E-state index in [1.165, 1.54) is 42.1 Å². The number of allylic oxidation sites excluding steroid dienone is 2. The van der Waals surface area contributed by atoms with Crippen LogP contribution in [-0.2, 0) is 6.42 Å². The Balaban J connectivity index is 1.90. The quantitative estimate of drug-likeness (QED) is 0.692. The molecule has 1 atom stereocenters. The zero-order valence-electron chi connectivity index (χ0n) is 8.95. The Hall–Kier alpha value is -0.560. The van der Waals surface area contributed by atoms with E-state index in [1.54, 1.807) is 0 Å². The summed E-state index contributed by atoms with van der Waals surface area (Å²) in [5, 5.41) is 0. The minimum absolute atomic E-state index is 0.811.